The minimum atomic E-state index is -2.34. The fourth-order valence-corrected chi connectivity index (χ4v) is 9.58. The van der Waals surface area contributed by atoms with Gasteiger partial charge in [-0.25, -0.2) is 0 Å². The summed E-state index contributed by atoms with van der Waals surface area (Å²) < 4.78 is 22.4. The number of hydrogen-bond acceptors (Lipinski definition) is 15. The van der Waals surface area contributed by atoms with Crippen molar-refractivity contribution in [2.45, 2.75) is 106 Å². The van der Waals surface area contributed by atoms with Crippen molar-refractivity contribution in [1.29, 1.82) is 0 Å². The highest BCUT2D eigenvalue weighted by Crippen LogP contribution is 2.66. The molecule has 15 heteroatoms. The van der Waals surface area contributed by atoms with Gasteiger partial charge in [0.05, 0.1) is 13.2 Å². The molecule has 3 unspecified atom stereocenters. The lowest BCUT2D eigenvalue weighted by Gasteiger charge is -2.56. The van der Waals surface area contributed by atoms with Crippen molar-refractivity contribution in [3.8, 4) is 0 Å². The Labute approximate surface area is 276 Å². The van der Waals surface area contributed by atoms with E-state index in [1.165, 1.54) is 6.08 Å². The summed E-state index contributed by atoms with van der Waals surface area (Å²) in [7, 11) is 0. The summed E-state index contributed by atoms with van der Waals surface area (Å²) in [6.07, 6.45) is -6.56. The van der Waals surface area contributed by atoms with E-state index in [0.717, 1.165) is 5.57 Å². The molecule has 3 saturated carbocycles. The van der Waals surface area contributed by atoms with E-state index in [2.05, 4.69) is 0 Å². The zero-order valence-electron chi connectivity index (χ0n) is 26.9. The Hall–Kier alpha value is -1.99. The maximum atomic E-state index is 13.9. The number of fused-ring (bicyclic) bond motifs is 5. The third-order valence-electron chi connectivity index (χ3n) is 12.3. The highest BCUT2D eigenvalue weighted by molar-refractivity contribution is 6.02. The second-order valence-corrected chi connectivity index (χ2v) is 14.7. The summed E-state index contributed by atoms with van der Waals surface area (Å²) in [4.78, 5) is 39.9. The number of hydrogen-bond donors (Lipinski definition) is 8. The first-order chi connectivity index (χ1) is 22.6. The normalized spacial score (nSPS) is 50.1. The van der Waals surface area contributed by atoms with E-state index in [1.54, 1.807) is 13.0 Å². The highest BCUT2D eigenvalue weighted by Gasteiger charge is 2.69. The third-order valence-corrected chi connectivity index (χ3v) is 12.3. The smallest absolute Gasteiger partial charge is 0.222 e. The van der Waals surface area contributed by atoms with E-state index < -0.39 is 109 Å². The van der Waals surface area contributed by atoms with E-state index in [4.69, 9.17) is 18.9 Å². The van der Waals surface area contributed by atoms with Gasteiger partial charge < -0.3 is 59.8 Å². The molecule has 2 heterocycles. The summed E-state index contributed by atoms with van der Waals surface area (Å²) in [5, 5.41) is 83.7. The van der Waals surface area contributed by atoms with Gasteiger partial charge in [0.25, 0.3) is 0 Å². The lowest BCUT2D eigenvalue weighted by Crippen LogP contribution is -2.61. The van der Waals surface area contributed by atoms with Gasteiger partial charge >= 0.3 is 0 Å². The maximum absolute atomic E-state index is 13.9. The third kappa shape index (κ3) is 5.21. The number of ether oxygens (including phenoxy) is 4. The monoisotopic (exact) mass is 682 g/mol. The van der Waals surface area contributed by atoms with Crippen molar-refractivity contribution in [3.05, 3.63) is 23.8 Å². The van der Waals surface area contributed by atoms with Crippen LogP contribution in [0.1, 0.15) is 46.0 Å². The molecule has 2 aliphatic heterocycles. The van der Waals surface area contributed by atoms with Gasteiger partial charge in [-0.3, -0.25) is 14.4 Å². The zero-order valence-corrected chi connectivity index (χ0v) is 26.9. The van der Waals surface area contributed by atoms with Crippen LogP contribution in [0.25, 0.3) is 0 Å². The first kappa shape index (κ1) is 35.8. The van der Waals surface area contributed by atoms with Crippen molar-refractivity contribution in [2.24, 2.45) is 28.6 Å². The first-order valence-electron chi connectivity index (χ1n) is 16.5. The van der Waals surface area contributed by atoms with Crippen LogP contribution in [0, 0.1) is 28.6 Å². The van der Waals surface area contributed by atoms with E-state index in [1.807, 2.05) is 13.0 Å². The first-order valence-corrected chi connectivity index (χ1v) is 16.5. The lowest BCUT2D eigenvalue weighted by atomic mass is 9.46. The fourth-order valence-electron chi connectivity index (χ4n) is 9.58. The van der Waals surface area contributed by atoms with Crippen molar-refractivity contribution < 1.29 is 74.2 Å². The van der Waals surface area contributed by atoms with Crippen LogP contribution in [0.4, 0.5) is 0 Å². The van der Waals surface area contributed by atoms with Gasteiger partial charge in [0.15, 0.2) is 17.9 Å². The average molecular weight is 683 g/mol. The Kier molecular flexibility index (Phi) is 9.44. The summed E-state index contributed by atoms with van der Waals surface area (Å²) in [6.45, 7) is 0.297. The second kappa shape index (κ2) is 12.7. The number of aliphatic hydroxyl groups is 8. The Morgan fingerprint density at radius 1 is 1.00 bits per heavy atom. The van der Waals surface area contributed by atoms with Crippen LogP contribution < -0.4 is 0 Å². The maximum Gasteiger partial charge on any atom is 0.222 e. The molecule has 268 valence electrons. The molecule has 8 N–H and O–H groups in total. The number of carbonyl (C=O) groups excluding carboxylic acids is 3. The van der Waals surface area contributed by atoms with Crippen molar-refractivity contribution in [2.75, 3.05) is 26.4 Å². The van der Waals surface area contributed by atoms with Crippen LogP contribution in [0.3, 0.4) is 0 Å². The molecule has 48 heavy (non-hydrogen) atoms. The summed E-state index contributed by atoms with van der Waals surface area (Å²) in [5.41, 5.74) is -2.83. The molecular weight excluding hydrogens is 636 g/mol. The lowest BCUT2D eigenvalue weighted by molar-refractivity contribution is -0.319. The van der Waals surface area contributed by atoms with Gasteiger partial charge in [0.2, 0.25) is 5.79 Å². The second-order valence-electron chi connectivity index (χ2n) is 14.7. The van der Waals surface area contributed by atoms with Crippen LogP contribution >= 0.6 is 0 Å². The quantitative estimate of drug-likeness (QED) is 0.124. The van der Waals surface area contributed by atoms with E-state index in [0.29, 0.717) is 19.3 Å². The molecule has 0 aromatic carbocycles. The number of Topliss-reactive ketones (excluding diaryl/α,β-unsaturated/α-hetero) is 2. The van der Waals surface area contributed by atoms with Gasteiger partial charge in [-0.15, -0.1) is 0 Å². The average Bonchev–Trinajstić information content (AvgIpc) is 3.49. The van der Waals surface area contributed by atoms with Gasteiger partial charge in [-0.2, -0.15) is 0 Å². The molecule has 0 spiro atoms. The minimum absolute atomic E-state index is 0.0538. The van der Waals surface area contributed by atoms with Gasteiger partial charge in [0, 0.05) is 23.2 Å². The molecule has 15 atom stereocenters. The molecule has 4 aliphatic carbocycles. The van der Waals surface area contributed by atoms with Crippen LogP contribution in [-0.4, -0.2) is 145 Å². The van der Waals surface area contributed by atoms with Crippen molar-refractivity contribution in [3.63, 3.8) is 0 Å². The number of aliphatic hydroxyl groups excluding tert-OH is 7. The molecule has 0 bridgehead atoms. The molecule has 0 aromatic heterocycles. The Balaban J connectivity index is 1.17. The van der Waals surface area contributed by atoms with Crippen molar-refractivity contribution in [1.82, 2.24) is 0 Å². The molecule has 15 nitrogen and oxygen atoms in total. The number of carbonyl (C=O) groups is 3. The number of rotatable bonds is 9. The standard InChI is InChI=1S/C33H46O15/c1-30-7-5-16(37)9-15(30)3-4-17-18-6-8-32(44,31(18,2)10-19(38)23(17)30)22(39)13-45-33(14-36)28(43)27(21(12-35)48-33)47-29-26(42)25(41)24(40)20(11-34)46-29/h5,7,9,17-18,20-21,23-29,34-36,40-44H,3-4,6,8,10-14H2,1-2H3/t17-,18-,20?,21+,23+,24-,25+,26?,27?,28+,29-,30-,31-,32-,33+/m0/s1. The fraction of sp³-hybridized carbons (Fsp3) is 0.788. The molecule has 0 aromatic rings. The van der Waals surface area contributed by atoms with E-state index >= 15 is 0 Å². The summed E-state index contributed by atoms with van der Waals surface area (Å²) in [6, 6.07) is 0. The predicted molar refractivity (Wildman–Crippen MR) is 159 cm³/mol. The van der Waals surface area contributed by atoms with Gasteiger partial charge in [-0.1, -0.05) is 25.5 Å². The molecule has 6 aliphatic rings. The van der Waals surface area contributed by atoms with Crippen LogP contribution in [0.5, 0.6) is 0 Å². The Morgan fingerprint density at radius 2 is 1.71 bits per heavy atom. The Morgan fingerprint density at radius 3 is 2.38 bits per heavy atom. The molecule has 6 rings (SSSR count). The molecule has 2 saturated heterocycles. The molecule has 5 fully saturated rings. The van der Waals surface area contributed by atoms with E-state index in [9.17, 15) is 55.2 Å². The topological polar surface area (TPSA) is 250 Å². The number of ketones is 3. The van der Waals surface area contributed by atoms with Gasteiger partial charge in [-0.05, 0) is 49.7 Å². The highest BCUT2D eigenvalue weighted by atomic mass is 16.8. The van der Waals surface area contributed by atoms with Gasteiger partial charge in [0.1, 0.15) is 67.3 Å². The number of allylic oxidation sites excluding steroid dienone is 4. The van der Waals surface area contributed by atoms with Crippen LogP contribution in [0.15, 0.2) is 23.8 Å². The van der Waals surface area contributed by atoms with Crippen LogP contribution in [0.2, 0.25) is 0 Å². The predicted octanol–water partition coefficient (Wildman–Crippen LogP) is -2.58. The van der Waals surface area contributed by atoms with E-state index in [-0.39, 0.29) is 36.2 Å². The molecule has 0 radical (unpaired) electrons. The van der Waals surface area contributed by atoms with Crippen molar-refractivity contribution >= 4 is 17.3 Å². The SMILES string of the molecule is C[C@]12C=CC(=O)C=C1CC[C@@H]1[C@@H]2C(=O)C[C@@]2(C)[C@H]1CC[C@]2(O)C(=O)CO[C@]1(CO)O[C@H](CO)C(O[C@@H]2OC(CO)[C@H](O)[C@@H](O)C2O)[C@H]1O. The molecule has 0 amide bonds. The molecular formula is C33H46O15. The summed E-state index contributed by atoms with van der Waals surface area (Å²) >= 11 is 0. The Bertz CT molecular complexity index is 1360. The largest absolute Gasteiger partial charge is 0.394 e. The summed E-state index contributed by atoms with van der Waals surface area (Å²) in [5.74, 6) is -4.04. The van der Waals surface area contributed by atoms with Crippen LogP contribution in [-0.2, 0) is 33.3 Å². The zero-order chi connectivity index (χ0) is 35.0. The minimum Gasteiger partial charge on any atom is -0.394 e.